The maximum absolute atomic E-state index is 13.0. The molecule has 1 aliphatic rings. The van der Waals surface area contributed by atoms with Crippen molar-refractivity contribution in [2.75, 3.05) is 37.4 Å². The van der Waals surface area contributed by atoms with Gasteiger partial charge in [0.25, 0.3) is 0 Å². The Morgan fingerprint density at radius 1 is 1.05 bits per heavy atom. The first kappa shape index (κ1) is 27.5. The topological polar surface area (TPSA) is 97.3 Å². The van der Waals surface area contributed by atoms with Gasteiger partial charge in [-0.3, -0.25) is 10.1 Å². The van der Waals surface area contributed by atoms with E-state index in [-0.39, 0.29) is 35.7 Å². The van der Waals surface area contributed by atoms with Gasteiger partial charge < -0.3 is 15.4 Å². The first-order valence-electron chi connectivity index (χ1n) is 13.2. The van der Waals surface area contributed by atoms with Crippen LogP contribution < -0.4 is 16.0 Å². The largest absolute Gasteiger partial charge is 0.377 e. The Kier molecular flexibility index (Phi) is 8.64. The summed E-state index contributed by atoms with van der Waals surface area (Å²) >= 11 is 0. The van der Waals surface area contributed by atoms with Gasteiger partial charge in [0, 0.05) is 30.2 Å². The van der Waals surface area contributed by atoms with Crippen LogP contribution in [0.25, 0.3) is 5.69 Å². The summed E-state index contributed by atoms with van der Waals surface area (Å²) in [4.78, 5) is 25.9. The van der Waals surface area contributed by atoms with E-state index in [4.69, 9.17) is 9.84 Å². The number of urea groups is 1. The first-order valence-corrected chi connectivity index (χ1v) is 13.2. The van der Waals surface area contributed by atoms with Gasteiger partial charge in [-0.05, 0) is 68.6 Å². The van der Waals surface area contributed by atoms with Crippen LogP contribution >= 0.6 is 0 Å². The van der Waals surface area contributed by atoms with Crippen LogP contribution in [0.3, 0.4) is 0 Å². The number of piperidine rings is 1. The summed E-state index contributed by atoms with van der Waals surface area (Å²) in [6, 6.07) is 17.1. The lowest BCUT2D eigenvalue weighted by Gasteiger charge is -2.30. The van der Waals surface area contributed by atoms with Gasteiger partial charge in [-0.15, -0.1) is 0 Å². The van der Waals surface area contributed by atoms with E-state index < -0.39 is 0 Å². The molecule has 1 fully saturated rings. The SMILES string of the molecule is COCC(=O)C(c1ccc(NC(=O)Nc2cc(C(C)(C)C)nn2-c2ccc(C)cc2)cc1)C1CCNCC1. The third-order valence-corrected chi connectivity index (χ3v) is 7.01. The maximum atomic E-state index is 13.0. The summed E-state index contributed by atoms with van der Waals surface area (Å²) < 4.78 is 6.92. The van der Waals surface area contributed by atoms with Gasteiger partial charge >= 0.3 is 6.03 Å². The van der Waals surface area contributed by atoms with Gasteiger partial charge in [0.1, 0.15) is 12.4 Å². The predicted molar refractivity (Wildman–Crippen MR) is 151 cm³/mol. The Labute approximate surface area is 225 Å². The molecule has 202 valence electrons. The Morgan fingerprint density at radius 2 is 1.71 bits per heavy atom. The van der Waals surface area contributed by atoms with Crippen LogP contribution in [-0.4, -0.2) is 48.4 Å². The average molecular weight is 518 g/mol. The number of nitrogens with zero attached hydrogens (tertiary/aromatic N) is 2. The molecule has 0 radical (unpaired) electrons. The fourth-order valence-electron chi connectivity index (χ4n) is 4.90. The number of carbonyl (C=O) groups excluding carboxylic acids is 2. The van der Waals surface area contributed by atoms with Gasteiger partial charge in [-0.2, -0.15) is 5.10 Å². The van der Waals surface area contributed by atoms with E-state index in [1.807, 2.05) is 61.5 Å². The van der Waals surface area contributed by atoms with Crippen molar-refractivity contribution in [1.29, 1.82) is 0 Å². The summed E-state index contributed by atoms with van der Waals surface area (Å²) in [7, 11) is 1.55. The van der Waals surface area contributed by atoms with E-state index in [9.17, 15) is 9.59 Å². The molecule has 8 heteroatoms. The normalized spacial score (nSPS) is 15.2. The number of amides is 2. The number of aryl methyl sites for hydroxylation is 1. The molecule has 3 aromatic rings. The minimum absolute atomic E-state index is 0.0943. The van der Waals surface area contributed by atoms with E-state index in [1.54, 1.807) is 11.8 Å². The van der Waals surface area contributed by atoms with E-state index in [0.717, 1.165) is 48.4 Å². The van der Waals surface area contributed by atoms with Crippen molar-refractivity contribution in [1.82, 2.24) is 15.1 Å². The summed E-state index contributed by atoms with van der Waals surface area (Å²) in [5.41, 5.74) is 4.32. The monoisotopic (exact) mass is 517 g/mol. The number of methoxy groups -OCH3 is 1. The van der Waals surface area contributed by atoms with Crippen molar-refractivity contribution in [3.05, 3.63) is 71.4 Å². The number of hydrogen-bond donors (Lipinski definition) is 3. The quantitative estimate of drug-likeness (QED) is 0.371. The lowest BCUT2D eigenvalue weighted by Crippen LogP contribution is -2.34. The molecule has 1 aromatic heterocycles. The third-order valence-electron chi connectivity index (χ3n) is 7.01. The smallest absolute Gasteiger partial charge is 0.324 e. The van der Waals surface area contributed by atoms with Crippen LogP contribution in [-0.2, 0) is 14.9 Å². The number of ketones is 1. The molecular formula is C30H39N5O3. The highest BCUT2D eigenvalue weighted by Gasteiger charge is 2.30. The molecule has 2 amide bonds. The van der Waals surface area contributed by atoms with Crippen molar-refractivity contribution >= 4 is 23.3 Å². The number of rotatable bonds is 8. The maximum Gasteiger partial charge on any atom is 0.324 e. The van der Waals surface area contributed by atoms with E-state index in [2.05, 4.69) is 36.7 Å². The Balaban J connectivity index is 1.50. The lowest BCUT2D eigenvalue weighted by atomic mass is 9.78. The van der Waals surface area contributed by atoms with Crippen LogP contribution in [0.1, 0.15) is 56.4 Å². The van der Waals surface area contributed by atoms with Gasteiger partial charge in [0.05, 0.1) is 11.4 Å². The molecule has 0 aliphatic carbocycles. The molecule has 1 saturated heterocycles. The summed E-state index contributed by atoms with van der Waals surface area (Å²) in [5.74, 6) is 0.751. The highest BCUT2D eigenvalue weighted by molar-refractivity contribution is 5.99. The number of carbonyl (C=O) groups is 2. The molecule has 0 bridgehead atoms. The Morgan fingerprint density at radius 3 is 2.32 bits per heavy atom. The summed E-state index contributed by atoms with van der Waals surface area (Å²) in [6.07, 6.45) is 1.90. The molecule has 4 rings (SSSR count). The molecular weight excluding hydrogens is 478 g/mol. The van der Waals surface area contributed by atoms with Gasteiger partial charge in [-0.25, -0.2) is 9.48 Å². The van der Waals surface area contributed by atoms with Gasteiger partial charge in [-0.1, -0.05) is 50.6 Å². The van der Waals surface area contributed by atoms with Crippen molar-refractivity contribution in [3.63, 3.8) is 0 Å². The molecule has 1 aliphatic heterocycles. The van der Waals surface area contributed by atoms with Crippen molar-refractivity contribution in [2.45, 2.75) is 51.9 Å². The van der Waals surface area contributed by atoms with E-state index in [0.29, 0.717) is 11.5 Å². The fourth-order valence-corrected chi connectivity index (χ4v) is 4.90. The van der Waals surface area contributed by atoms with Crippen LogP contribution in [0.4, 0.5) is 16.3 Å². The zero-order valence-electron chi connectivity index (χ0n) is 23.0. The first-order chi connectivity index (χ1) is 18.2. The molecule has 0 spiro atoms. The van der Waals surface area contributed by atoms with Crippen molar-refractivity contribution in [2.24, 2.45) is 5.92 Å². The predicted octanol–water partition coefficient (Wildman–Crippen LogP) is 5.42. The molecule has 1 unspecified atom stereocenters. The number of ether oxygens (including phenoxy) is 1. The van der Waals surface area contributed by atoms with E-state index in [1.165, 1.54) is 0 Å². The third kappa shape index (κ3) is 6.68. The van der Waals surface area contributed by atoms with Crippen molar-refractivity contribution < 1.29 is 14.3 Å². The second-order valence-corrected chi connectivity index (χ2v) is 11.1. The van der Waals surface area contributed by atoms with Gasteiger partial charge in [0.2, 0.25) is 0 Å². The average Bonchev–Trinajstić information content (AvgIpc) is 3.31. The summed E-state index contributed by atoms with van der Waals surface area (Å²) in [6.45, 7) is 10.2. The minimum atomic E-state index is -0.364. The fraction of sp³-hybridized carbons (Fsp3) is 0.433. The number of benzene rings is 2. The molecule has 0 saturated carbocycles. The molecule has 3 N–H and O–H groups in total. The highest BCUT2D eigenvalue weighted by Crippen LogP contribution is 2.33. The lowest BCUT2D eigenvalue weighted by molar-refractivity contribution is -0.125. The van der Waals surface area contributed by atoms with Gasteiger partial charge in [0.15, 0.2) is 5.78 Å². The zero-order chi connectivity index (χ0) is 27.3. The standard InChI is InChI=1S/C30H39N5O3/c1-20-6-12-24(13-7-20)35-27(18-26(34-35)30(2,3)4)33-29(37)32-23-10-8-21(9-11-23)28(25(36)19-38-5)22-14-16-31-17-15-22/h6-13,18,22,28,31H,14-17,19H2,1-5H3,(H2,32,33,37). The second kappa shape index (κ2) is 11.9. The highest BCUT2D eigenvalue weighted by atomic mass is 16.5. The minimum Gasteiger partial charge on any atom is -0.377 e. The number of Topliss-reactive ketones (excluding diaryl/α,β-unsaturated/α-hetero) is 1. The molecule has 38 heavy (non-hydrogen) atoms. The molecule has 8 nitrogen and oxygen atoms in total. The van der Waals surface area contributed by atoms with Crippen LogP contribution in [0, 0.1) is 12.8 Å². The van der Waals surface area contributed by atoms with Crippen LogP contribution in [0.15, 0.2) is 54.6 Å². The van der Waals surface area contributed by atoms with Crippen LogP contribution in [0.2, 0.25) is 0 Å². The number of nitrogens with one attached hydrogen (secondary N) is 3. The molecule has 2 heterocycles. The number of anilines is 2. The number of aromatic nitrogens is 2. The number of hydrogen-bond acceptors (Lipinski definition) is 5. The summed E-state index contributed by atoms with van der Waals surface area (Å²) in [5, 5.41) is 14.0. The molecule has 1 atom stereocenters. The Bertz CT molecular complexity index is 1240. The Hall–Kier alpha value is -3.49. The second-order valence-electron chi connectivity index (χ2n) is 11.1. The van der Waals surface area contributed by atoms with Crippen molar-refractivity contribution in [3.8, 4) is 5.69 Å². The molecule has 2 aromatic carbocycles. The van der Waals surface area contributed by atoms with E-state index >= 15 is 0 Å². The van der Waals surface area contributed by atoms with Crippen LogP contribution in [0.5, 0.6) is 0 Å². The zero-order valence-corrected chi connectivity index (χ0v) is 23.0.